The summed E-state index contributed by atoms with van der Waals surface area (Å²) in [4.78, 5) is 2.41. The molecular formula is C18H21FN2O2. The number of halogens is 1. The van der Waals surface area contributed by atoms with Gasteiger partial charge in [-0.1, -0.05) is 6.07 Å². The molecule has 0 aliphatic carbocycles. The van der Waals surface area contributed by atoms with E-state index in [1.807, 2.05) is 12.1 Å². The van der Waals surface area contributed by atoms with Crippen LogP contribution in [-0.2, 0) is 11.3 Å². The fourth-order valence-corrected chi connectivity index (χ4v) is 3.74. The van der Waals surface area contributed by atoms with Gasteiger partial charge in [-0.15, -0.1) is 0 Å². The molecule has 2 aliphatic rings. The van der Waals surface area contributed by atoms with Crippen molar-refractivity contribution in [3.05, 3.63) is 54.2 Å². The zero-order valence-corrected chi connectivity index (χ0v) is 13.0. The molecule has 1 aromatic heterocycles. The van der Waals surface area contributed by atoms with E-state index in [1.165, 1.54) is 17.7 Å². The summed E-state index contributed by atoms with van der Waals surface area (Å²) in [5.41, 5.74) is 1.97. The monoisotopic (exact) mass is 316 g/mol. The van der Waals surface area contributed by atoms with Crippen molar-refractivity contribution < 1.29 is 13.5 Å². The first-order chi connectivity index (χ1) is 11.2. The highest BCUT2D eigenvalue weighted by atomic mass is 19.1. The van der Waals surface area contributed by atoms with Crippen molar-refractivity contribution in [3.63, 3.8) is 0 Å². The van der Waals surface area contributed by atoms with Crippen LogP contribution in [0.1, 0.15) is 18.4 Å². The zero-order valence-electron chi connectivity index (χ0n) is 13.0. The molecule has 0 saturated carbocycles. The normalized spacial score (nSPS) is 27.8. The molecule has 0 radical (unpaired) electrons. The summed E-state index contributed by atoms with van der Waals surface area (Å²) in [6, 6.07) is 8.87. The van der Waals surface area contributed by atoms with Crippen LogP contribution in [0.25, 0.3) is 0 Å². The molecule has 1 aromatic carbocycles. The Kier molecular flexibility index (Phi) is 3.83. The van der Waals surface area contributed by atoms with Gasteiger partial charge >= 0.3 is 0 Å². The van der Waals surface area contributed by atoms with E-state index < -0.39 is 0 Å². The molecule has 4 rings (SSSR count). The van der Waals surface area contributed by atoms with Crippen molar-refractivity contribution in [2.75, 3.05) is 25.0 Å². The number of furan rings is 1. The van der Waals surface area contributed by atoms with E-state index in [0.29, 0.717) is 6.61 Å². The number of ether oxygens (including phenoxy) is 1. The molecule has 0 unspecified atom stereocenters. The summed E-state index contributed by atoms with van der Waals surface area (Å²) in [6.45, 7) is 3.57. The number of hydrogen-bond donors (Lipinski definition) is 1. The molecule has 0 bridgehead atoms. The van der Waals surface area contributed by atoms with Crippen molar-refractivity contribution in [3.8, 4) is 0 Å². The van der Waals surface area contributed by atoms with Gasteiger partial charge in [0.1, 0.15) is 5.82 Å². The SMILES string of the molecule is Fc1cccc(N[C@H]2CO[C@@]3(CCN(Cc4ccoc4)C3)C2)c1. The summed E-state index contributed by atoms with van der Waals surface area (Å²) in [6.07, 6.45) is 5.53. The van der Waals surface area contributed by atoms with Crippen LogP contribution in [0.2, 0.25) is 0 Å². The van der Waals surface area contributed by atoms with Crippen LogP contribution in [0, 0.1) is 5.82 Å². The fraction of sp³-hybridized carbons (Fsp3) is 0.444. The molecule has 122 valence electrons. The molecular weight excluding hydrogens is 295 g/mol. The van der Waals surface area contributed by atoms with Gasteiger partial charge in [-0.25, -0.2) is 4.39 Å². The van der Waals surface area contributed by atoms with Crippen LogP contribution >= 0.6 is 0 Å². The summed E-state index contributed by atoms with van der Waals surface area (Å²) in [7, 11) is 0. The van der Waals surface area contributed by atoms with Gasteiger partial charge in [0.05, 0.1) is 30.8 Å². The topological polar surface area (TPSA) is 37.6 Å². The first-order valence-corrected chi connectivity index (χ1v) is 8.10. The van der Waals surface area contributed by atoms with Gasteiger partial charge in [-0.3, -0.25) is 4.90 Å². The molecule has 3 heterocycles. The van der Waals surface area contributed by atoms with E-state index in [2.05, 4.69) is 10.2 Å². The lowest BCUT2D eigenvalue weighted by Crippen LogP contribution is -2.33. The van der Waals surface area contributed by atoms with E-state index in [-0.39, 0.29) is 17.5 Å². The summed E-state index contributed by atoms with van der Waals surface area (Å²) < 4.78 is 24.6. The molecule has 4 nitrogen and oxygen atoms in total. The Morgan fingerprint density at radius 3 is 3.13 bits per heavy atom. The quantitative estimate of drug-likeness (QED) is 0.939. The van der Waals surface area contributed by atoms with Crippen LogP contribution in [0.5, 0.6) is 0 Å². The minimum Gasteiger partial charge on any atom is -0.472 e. The van der Waals surface area contributed by atoms with Gasteiger partial charge in [-0.05, 0) is 30.7 Å². The third-order valence-electron chi connectivity index (χ3n) is 4.79. The van der Waals surface area contributed by atoms with Gasteiger partial charge in [0.25, 0.3) is 0 Å². The van der Waals surface area contributed by atoms with Crippen molar-refractivity contribution in [2.24, 2.45) is 0 Å². The van der Waals surface area contributed by atoms with Crippen LogP contribution in [0.4, 0.5) is 10.1 Å². The van der Waals surface area contributed by atoms with Crippen molar-refractivity contribution in [2.45, 2.75) is 31.0 Å². The number of nitrogens with one attached hydrogen (secondary N) is 1. The number of hydrogen-bond acceptors (Lipinski definition) is 4. The largest absolute Gasteiger partial charge is 0.472 e. The van der Waals surface area contributed by atoms with Gasteiger partial charge in [-0.2, -0.15) is 0 Å². The summed E-state index contributed by atoms with van der Waals surface area (Å²) in [5, 5.41) is 3.39. The predicted octanol–water partition coefficient (Wildman–Crippen LogP) is 3.26. The lowest BCUT2D eigenvalue weighted by atomic mass is 9.97. The van der Waals surface area contributed by atoms with Crippen LogP contribution in [0.3, 0.4) is 0 Å². The Morgan fingerprint density at radius 2 is 2.30 bits per heavy atom. The Balaban J connectivity index is 1.34. The average molecular weight is 316 g/mol. The van der Waals surface area contributed by atoms with Crippen LogP contribution in [-0.4, -0.2) is 36.2 Å². The number of anilines is 1. The van der Waals surface area contributed by atoms with Gasteiger partial charge in [0, 0.05) is 37.3 Å². The summed E-state index contributed by atoms with van der Waals surface area (Å²) in [5.74, 6) is -0.212. The molecule has 2 saturated heterocycles. The number of likely N-dealkylation sites (tertiary alicyclic amines) is 1. The highest BCUT2D eigenvalue weighted by Crippen LogP contribution is 2.36. The minimum atomic E-state index is -0.212. The molecule has 2 atom stereocenters. The van der Waals surface area contributed by atoms with Crippen molar-refractivity contribution in [1.82, 2.24) is 4.90 Å². The Morgan fingerprint density at radius 1 is 1.35 bits per heavy atom. The summed E-state index contributed by atoms with van der Waals surface area (Å²) >= 11 is 0. The lowest BCUT2D eigenvalue weighted by molar-refractivity contribution is 0.0120. The molecule has 23 heavy (non-hydrogen) atoms. The molecule has 0 amide bonds. The maximum atomic E-state index is 13.3. The van der Waals surface area contributed by atoms with Crippen molar-refractivity contribution in [1.29, 1.82) is 0 Å². The van der Waals surface area contributed by atoms with Gasteiger partial charge in [0.15, 0.2) is 0 Å². The Hall–Kier alpha value is -1.85. The number of benzene rings is 1. The maximum absolute atomic E-state index is 13.3. The maximum Gasteiger partial charge on any atom is 0.125 e. The fourth-order valence-electron chi connectivity index (χ4n) is 3.74. The molecule has 1 N–H and O–H groups in total. The van der Waals surface area contributed by atoms with E-state index in [1.54, 1.807) is 18.6 Å². The highest BCUT2D eigenvalue weighted by molar-refractivity contribution is 5.44. The standard InChI is InChI=1S/C18H21FN2O2/c19-15-2-1-3-16(8-15)20-17-9-18(23-12-17)5-6-21(13-18)10-14-4-7-22-11-14/h1-4,7-8,11,17,20H,5-6,9-10,12-13H2/t17-,18+/m1/s1. The van der Waals surface area contributed by atoms with Gasteiger partial charge in [0.2, 0.25) is 0 Å². The zero-order chi connectivity index (χ0) is 15.7. The van der Waals surface area contributed by atoms with E-state index in [9.17, 15) is 4.39 Å². The highest BCUT2D eigenvalue weighted by Gasteiger charge is 2.45. The lowest BCUT2D eigenvalue weighted by Gasteiger charge is -2.23. The second-order valence-electron chi connectivity index (χ2n) is 6.64. The first kappa shape index (κ1) is 14.7. The Labute approximate surface area is 135 Å². The second-order valence-corrected chi connectivity index (χ2v) is 6.64. The van der Waals surface area contributed by atoms with E-state index >= 15 is 0 Å². The molecule has 1 spiro atoms. The molecule has 2 aromatic rings. The third kappa shape index (κ3) is 3.26. The van der Waals surface area contributed by atoms with E-state index in [4.69, 9.17) is 9.15 Å². The number of nitrogens with zero attached hydrogens (tertiary/aromatic N) is 1. The minimum absolute atomic E-state index is 0.0608. The van der Waals surface area contributed by atoms with E-state index in [0.717, 1.165) is 38.2 Å². The third-order valence-corrected chi connectivity index (χ3v) is 4.79. The van der Waals surface area contributed by atoms with Crippen molar-refractivity contribution >= 4 is 5.69 Å². The Bertz CT molecular complexity index is 661. The molecule has 5 heteroatoms. The number of rotatable bonds is 4. The second kappa shape index (κ2) is 5.98. The first-order valence-electron chi connectivity index (χ1n) is 8.10. The predicted molar refractivity (Wildman–Crippen MR) is 85.7 cm³/mol. The molecule has 2 aliphatic heterocycles. The average Bonchev–Trinajstić information content (AvgIpc) is 3.24. The van der Waals surface area contributed by atoms with Crippen LogP contribution in [0.15, 0.2) is 47.3 Å². The van der Waals surface area contributed by atoms with Crippen LogP contribution < -0.4 is 5.32 Å². The molecule has 2 fully saturated rings. The smallest absolute Gasteiger partial charge is 0.125 e. The van der Waals surface area contributed by atoms with Gasteiger partial charge < -0.3 is 14.5 Å².